The number of carbonyl (C=O) groups is 1. The van der Waals surface area contributed by atoms with Crippen LogP contribution in [0.25, 0.3) is 0 Å². The topological polar surface area (TPSA) is 200 Å². The quantitative estimate of drug-likeness (QED) is 0.0773. The van der Waals surface area contributed by atoms with Crippen LogP contribution in [0.5, 0.6) is 0 Å². The normalized spacial score (nSPS) is 12.1. The number of esters is 1. The highest BCUT2D eigenvalue weighted by Gasteiger charge is 2.26. The van der Waals surface area contributed by atoms with E-state index >= 15 is 0 Å². The summed E-state index contributed by atoms with van der Waals surface area (Å²) in [5.41, 5.74) is 12.5. The molecule has 0 bridgehead atoms. The zero-order valence-electron chi connectivity index (χ0n) is 23.1. The Morgan fingerprint density at radius 2 is 1.45 bits per heavy atom. The summed E-state index contributed by atoms with van der Waals surface area (Å²) in [6.07, 6.45) is 2.54. The number of ether oxygens (including phenoxy) is 2. The van der Waals surface area contributed by atoms with Crippen LogP contribution in [0, 0.1) is 13.8 Å². The van der Waals surface area contributed by atoms with Gasteiger partial charge in [-0.1, -0.05) is 48.7 Å². The average Bonchev–Trinajstić information content (AvgIpc) is 2.88. The molecule has 12 nitrogen and oxygen atoms in total. The molecule has 2 aromatic carbocycles. The van der Waals surface area contributed by atoms with Crippen LogP contribution in [0.1, 0.15) is 43.7 Å². The lowest BCUT2D eigenvalue weighted by Crippen LogP contribution is -2.42. The van der Waals surface area contributed by atoms with Gasteiger partial charge in [0.2, 0.25) is 10.0 Å². The van der Waals surface area contributed by atoms with E-state index in [-0.39, 0.29) is 41.9 Å². The first kappa shape index (κ1) is 35.0. The Kier molecular flexibility index (Phi) is 15.4. The molecule has 40 heavy (non-hydrogen) atoms. The van der Waals surface area contributed by atoms with Crippen molar-refractivity contribution in [3.8, 4) is 0 Å². The summed E-state index contributed by atoms with van der Waals surface area (Å²) in [6.45, 7) is 6.94. The monoisotopic (exact) mass is 600 g/mol. The molecule has 0 aliphatic carbocycles. The van der Waals surface area contributed by atoms with Crippen molar-refractivity contribution in [2.24, 2.45) is 16.5 Å². The Labute approximate surface area is 237 Å². The zero-order chi connectivity index (χ0) is 30.2. The number of hydrogen-bond acceptors (Lipinski definition) is 8. The Morgan fingerprint density at radius 3 is 1.95 bits per heavy atom. The van der Waals surface area contributed by atoms with Crippen LogP contribution in [-0.4, -0.2) is 65.7 Å². The third-order valence-electron chi connectivity index (χ3n) is 5.29. The Hall–Kier alpha value is -3.04. The number of nitrogens with zero attached hydrogens (tertiary/aromatic N) is 1. The van der Waals surface area contributed by atoms with Crippen LogP contribution in [0.15, 0.2) is 63.3 Å². The lowest BCUT2D eigenvalue weighted by molar-refractivity contribution is -0.147. The molecule has 0 aliphatic heterocycles. The first-order chi connectivity index (χ1) is 18.8. The van der Waals surface area contributed by atoms with Gasteiger partial charge in [-0.25, -0.2) is 8.42 Å². The van der Waals surface area contributed by atoms with E-state index in [1.54, 1.807) is 24.3 Å². The van der Waals surface area contributed by atoms with E-state index in [0.29, 0.717) is 13.0 Å². The van der Waals surface area contributed by atoms with Crippen molar-refractivity contribution in [1.29, 1.82) is 0 Å². The number of carbonyl (C=O) groups excluding carboxylic acids is 1. The van der Waals surface area contributed by atoms with Crippen molar-refractivity contribution in [1.82, 2.24) is 4.72 Å². The number of hydrogen-bond donors (Lipinski definition) is 4. The summed E-state index contributed by atoms with van der Waals surface area (Å²) in [5.74, 6) is -0.724. The Morgan fingerprint density at radius 1 is 0.900 bits per heavy atom. The van der Waals surface area contributed by atoms with E-state index in [1.165, 1.54) is 24.3 Å². The van der Waals surface area contributed by atoms with E-state index in [2.05, 4.69) is 16.6 Å². The van der Waals surface area contributed by atoms with Gasteiger partial charge in [-0.05, 0) is 57.4 Å². The van der Waals surface area contributed by atoms with E-state index in [4.69, 9.17) is 25.5 Å². The highest BCUT2D eigenvalue weighted by Crippen LogP contribution is 2.13. The number of guanidine groups is 1. The molecule has 0 aromatic heterocycles. The molecule has 0 aliphatic rings. The highest BCUT2D eigenvalue weighted by molar-refractivity contribution is 7.89. The fourth-order valence-electron chi connectivity index (χ4n) is 3.06. The van der Waals surface area contributed by atoms with Gasteiger partial charge in [-0.3, -0.25) is 14.3 Å². The molecule has 14 heteroatoms. The van der Waals surface area contributed by atoms with E-state index in [1.807, 2.05) is 13.8 Å². The van der Waals surface area contributed by atoms with Crippen molar-refractivity contribution >= 4 is 32.1 Å². The number of nitrogens with two attached hydrogens (primary N) is 2. The van der Waals surface area contributed by atoms with Crippen molar-refractivity contribution < 1.29 is 35.7 Å². The summed E-state index contributed by atoms with van der Waals surface area (Å²) < 4.78 is 67.8. The lowest BCUT2D eigenvalue weighted by Gasteiger charge is -2.18. The van der Waals surface area contributed by atoms with Gasteiger partial charge in [0.1, 0.15) is 12.6 Å². The second-order valence-corrected chi connectivity index (χ2v) is 12.0. The fourth-order valence-corrected chi connectivity index (χ4v) is 4.76. The van der Waals surface area contributed by atoms with Gasteiger partial charge in [0.15, 0.2) is 5.96 Å². The molecule has 0 radical (unpaired) electrons. The van der Waals surface area contributed by atoms with Crippen molar-refractivity contribution in [3.63, 3.8) is 0 Å². The Bertz CT molecular complexity index is 1280. The maximum Gasteiger partial charge on any atom is 0.324 e. The summed E-state index contributed by atoms with van der Waals surface area (Å²) in [6, 6.07) is 11.3. The van der Waals surface area contributed by atoms with Gasteiger partial charge in [0.05, 0.1) is 16.4 Å². The van der Waals surface area contributed by atoms with Crippen molar-refractivity contribution in [3.05, 3.63) is 59.7 Å². The maximum atomic E-state index is 12.6. The second kappa shape index (κ2) is 17.6. The van der Waals surface area contributed by atoms with E-state index in [0.717, 1.165) is 24.0 Å². The average molecular weight is 601 g/mol. The molecular weight excluding hydrogens is 560 g/mol. The molecule has 0 amide bonds. The molecule has 0 saturated carbocycles. The molecule has 0 spiro atoms. The highest BCUT2D eigenvalue weighted by atomic mass is 32.2. The summed E-state index contributed by atoms with van der Waals surface area (Å²) in [4.78, 5) is 16.3. The SMILES string of the molecule is CCCCOCCOC(=O)C(CCCN=C(N)N)NS(=O)(=O)c1ccc(C)cc1.Cc1ccc(S(=O)(=O)O)cc1. The minimum absolute atomic E-state index is 0.0548. The van der Waals surface area contributed by atoms with Gasteiger partial charge in [0, 0.05) is 13.2 Å². The number of nitrogens with one attached hydrogen (secondary N) is 1. The van der Waals surface area contributed by atoms with Crippen LogP contribution >= 0.6 is 0 Å². The largest absolute Gasteiger partial charge is 0.462 e. The molecule has 2 aromatic rings. The van der Waals surface area contributed by atoms with Gasteiger partial charge < -0.3 is 20.9 Å². The summed E-state index contributed by atoms with van der Waals surface area (Å²) >= 11 is 0. The minimum Gasteiger partial charge on any atom is -0.462 e. The third-order valence-corrected chi connectivity index (χ3v) is 7.65. The minimum atomic E-state index is -4.02. The zero-order valence-corrected chi connectivity index (χ0v) is 24.7. The maximum absolute atomic E-state index is 12.6. The van der Waals surface area contributed by atoms with Crippen LogP contribution in [-0.2, 0) is 34.4 Å². The molecule has 1 atom stereocenters. The number of sulfonamides is 1. The molecular formula is C26H40N4O8S2. The van der Waals surface area contributed by atoms with Gasteiger partial charge >= 0.3 is 5.97 Å². The van der Waals surface area contributed by atoms with Crippen LogP contribution in [0.4, 0.5) is 0 Å². The first-order valence-electron chi connectivity index (χ1n) is 12.7. The fraction of sp³-hybridized carbons (Fsp3) is 0.462. The van der Waals surface area contributed by atoms with E-state index in [9.17, 15) is 21.6 Å². The lowest BCUT2D eigenvalue weighted by atomic mass is 10.2. The predicted molar refractivity (Wildman–Crippen MR) is 153 cm³/mol. The number of unbranched alkanes of at least 4 members (excludes halogenated alkanes) is 1. The molecule has 224 valence electrons. The molecule has 6 N–H and O–H groups in total. The Balaban J connectivity index is 0.000000603. The predicted octanol–water partition coefficient (Wildman–Crippen LogP) is 2.30. The second-order valence-electron chi connectivity index (χ2n) is 8.86. The van der Waals surface area contributed by atoms with Gasteiger partial charge in [-0.2, -0.15) is 13.1 Å². The van der Waals surface area contributed by atoms with Crippen LogP contribution in [0.3, 0.4) is 0 Å². The number of benzene rings is 2. The smallest absolute Gasteiger partial charge is 0.324 e. The van der Waals surface area contributed by atoms with Crippen LogP contribution in [0.2, 0.25) is 0 Å². The van der Waals surface area contributed by atoms with Gasteiger partial charge in [-0.15, -0.1) is 0 Å². The van der Waals surface area contributed by atoms with Crippen molar-refractivity contribution in [2.75, 3.05) is 26.4 Å². The molecule has 2 rings (SSSR count). The van der Waals surface area contributed by atoms with Crippen molar-refractivity contribution in [2.45, 2.75) is 62.3 Å². The van der Waals surface area contributed by atoms with Crippen LogP contribution < -0.4 is 16.2 Å². The molecule has 1 unspecified atom stereocenters. The molecule has 0 saturated heterocycles. The molecule has 0 fully saturated rings. The van der Waals surface area contributed by atoms with Gasteiger partial charge in [0.25, 0.3) is 10.1 Å². The number of aryl methyl sites for hydroxylation is 2. The first-order valence-corrected chi connectivity index (χ1v) is 15.6. The number of aliphatic imine (C=N–C) groups is 1. The summed E-state index contributed by atoms with van der Waals surface area (Å²) in [5, 5.41) is 0. The molecule has 0 heterocycles. The standard InChI is InChI=1S/C19H32N4O5S.C7H8O3S/c1-3-4-12-27-13-14-28-18(24)17(6-5-11-22-19(20)21)23-29(25,26)16-9-7-15(2)8-10-16;1-6-2-4-7(5-3-6)11(8,9)10/h7-10,17,23H,3-6,11-14H2,1-2H3,(H4,20,21,22);2-5H,1H3,(H,8,9,10). The van der Waals surface area contributed by atoms with E-state index < -0.39 is 32.2 Å². The third kappa shape index (κ3) is 14.4. The number of rotatable bonds is 15. The summed E-state index contributed by atoms with van der Waals surface area (Å²) in [7, 11) is -7.90.